The minimum Gasteiger partial charge on any atom is -0.383 e. The molecule has 16 heavy (non-hydrogen) atoms. The zero-order valence-electron chi connectivity index (χ0n) is 9.80. The largest absolute Gasteiger partial charge is 0.383 e. The van der Waals surface area contributed by atoms with Gasteiger partial charge in [0.15, 0.2) is 0 Å². The SMILES string of the molecule is COCCn1cnnc1C1CCCC1CN. The zero-order valence-corrected chi connectivity index (χ0v) is 9.80. The lowest BCUT2D eigenvalue weighted by atomic mass is 9.95. The lowest BCUT2D eigenvalue weighted by Gasteiger charge is -2.17. The number of nitrogens with zero attached hydrogens (tertiary/aromatic N) is 3. The Labute approximate surface area is 96.0 Å². The molecular weight excluding hydrogens is 204 g/mol. The van der Waals surface area contributed by atoms with E-state index >= 15 is 0 Å². The Morgan fingerprint density at radius 2 is 2.44 bits per heavy atom. The average Bonchev–Trinajstić information content (AvgIpc) is 2.93. The first-order valence-corrected chi connectivity index (χ1v) is 5.93. The molecule has 0 aromatic carbocycles. The van der Waals surface area contributed by atoms with Crippen LogP contribution in [0.25, 0.3) is 0 Å². The highest BCUT2D eigenvalue weighted by atomic mass is 16.5. The van der Waals surface area contributed by atoms with Crippen LogP contribution in [-0.2, 0) is 11.3 Å². The van der Waals surface area contributed by atoms with Crippen molar-refractivity contribution in [2.24, 2.45) is 11.7 Å². The van der Waals surface area contributed by atoms with Gasteiger partial charge in [-0.3, -0.25) is 0 Å². The predicted molar refractivity (Wildman–Crippen MR) is 61.0 cm³/mol. The number of rotatable bonds is 5. The standard InChI is InChI=1S/C11H20N4O/c1-16-6-5-15-8-13-14-11(15)10-4-2-3-9(10)7-12/h8-10H,2-7,12H2,1H3. The molecule has 5 heteroatoms. The van der Waals surface area contributed by atoms with Crippen LogP contribution in [0.5, 0.6) is 0 Å². The van der Waals surface area contributed by atoms with E-state index in [-0.39, 0.29) is 0 Å². The third kappa shape index (κ3) is 2.25. The Bertz CT molecular complexity index is 326. The molecule has 1 aromatic heterocycles. The number of hydrogen-bond donors (Lipinski definition) is 1. The van der Waals surface area contributed by atoms with Crippen LogP contribution in [0.1, 0.15) is 31.0 Å². The van der Waals surface area contributed by atoms with Crippen LogP contribution in [0.4, 0.5) is 0 Å². The predicted octanol–water partition coefficient (Wildman–Crippen LogP) is 0.767. The van der Waals surface area contributed by atoms with E-state index in [0.29, 0.717) is 18.4 Å². The average molecular weight is 224 g/mol. The van der Waals surface area contributed by atoms with Crippen molar-refractivity contribution in [2.75, 3.05) is 20.3 Å². The minimum atomic E-state index is 0.490. The molecule has 0 spiro atoms. The number of methoxy groups -OCH3 is 1. The van der Waals surface area contributed by atoms with Crippen LogP contribution in [0.2, 0.25) is 0 Å². The fourth-order valence-corrected chi connectivity index (χ4v) is 2.57. The van der Waals surface area contributed by atoms with Gasteiger partial charge < -0.3 is 15.0 Å². The van der Waals surface area contributed by atoms with Gasteiger partial charge in [-0.1, -0.05) is 6.42 Å². The summed E-state index contributed by atoms with van der Waals surface area (Å²) < 4.78 is 7.18. The first-order chi connectivity index (χ1) is 7.86. The quantitative estimate of drug-likeness (QED) is 0.802. The van der Waals surface area contributed by atoms with Crippen molar-refractivity contribution in [1.29, 1.82) is 0 Å². The van der Waals surface area contributed by atoms with Gasteiger partial charge in [0.05, 0.1) is 6.61 Å². The van der Waals surface area contributed by atoms with Gasteiger partial charge in [-0.25, -0.2) is 0 Å². The molecule has 0 aliphatic heterocycles. The monoisotopic (exact) mass is 224 g/mol. The molecule has 1 aliphatic rings. The van der Waals surface area contributed by atoms with Crippen LogP contribution in [0.15, 0.2) is 6.33 Å². The molecule has 1 saturated carbocycles. The smallest absolute Gasteiger partial charge is 0.136 e. The molecule has 0 saturated heterocycles. The molecule has 1 fully saturated rings. The summed E-state index contributed by atoms with van der Waals surface area (Å²) in [6, 6.07) is 0. The van der Waals surface area contributed by atoms with E-state index in [1.807, 2.05) is 0 Å². The summed E-state index contributed by atoms with van der Waals surface area (Å²) >= 11 is 0. The van der Waals surface area contributed by atoms with Crippen molar-refractivity contribution in [3.63, 3.8) is 0 Å². The van der Waals surface area contributed by atoms with Crippen molar-refractivity contribution >= 4 is 0 Å². The lowest BCUT2D eigenvalue weighted by Crippen LogP contribution is -2.20. The van der Waals surface area contributed by atoms with Crippen LogP contribution in [-0.4, -0.2) is 35.0 Å². The first-order valence-electron chi connectivity index (χ1n) is 5.93. The molecule has 0 radical (unpaired) electrons. The molecule has 0 amide bonds. The second-order valence-electron chi connectivity index (χ2n) is 4.41. The van der Waals surface area contributed by atoms with Gasteiger partial charge in [-0.15, -0.1) is 10.2 Å². The van der Waals surface area contributed by atoms with Crippen molar-refractivity contribution in [3.05, 3.63) is 12.2 Å². The zero-order chi connectivity index (χ0) is 11.4. The molecule has 1 aliphatic carbocycles. The molecule has 0 bridgehead atoms. The molecule has 2 atom stereocenters. The molecule has 90 valence electrons. The van der Waals surface area contributed by atoms with E-state index in [4.69, 9.17) is 10.5 Å². The van der Waals surface area contributed by atoms with Gasteiger partial charge in [0.1, 0.15) is 12.2 Å². The van der Waals surface area contributed by atoms with E-state index < -0.39 is 0 Å². The summed E-state index contributed by atoms with van der Waals surface area (Å²) in [6.45, 7) is 2.28. The second-order valence-corrected chi connectivity index (χ2v) is 4.41. The summed E-state index contributed by atoms with van der Waals surface area (Å²) in [5.74, 6) is 2.15. The van der Waals surface area contributed by atoms with E-state index in [1.165, 1.54) is 19.3 Å². The van der Waals surface area contributed by atoms with Crippen LogP contribution >= 0.6 is 0 Å². The lowest BCUT2D eigenvalue weighted by molar-refractivity contribution is 0.185. The maximum absolute atomic E-state index is 5.80. The number of nitrogens with two attached hydrogens (primary N) is 1. The van der Waals surface area contributed by atoms with Gasteiger partial charge in [0.25, 0.3) is 0 Å². The number of aromatic nitrogens is 3. The number of hydrogen-bond acceptors (Lipinski definition) is 4. The topological polar surface area (TPSA) is 66.0 Å². The Balaban J connectivity index is 2.10. The highest BCUT2D eigenvalue weighted by molar-refractivity contribution is 5.02. The summed E-state index contributed by atoms with van der Waals surface area (Å²) in [5.41, 5.74) is 5.80. The van der Waals surface area contributed by atoms with Crippen LogP contribution in [0.3, 0.4) is 0 Å². The van der Waals surface area contributed by atoms with Gasteiger partial charge in [0, 0.05) is 19.6 Å². The third-order valence-corrected chi connectivity index (χ3v) is 3.48. The van der Waals surface area contributed by atoms with Crippen molar-refractivity contribution in [1.82, 2.24) is 14.8 Å². The normalized spacial score (nSPS) is 25.1. The molecule has 1 heterocycles. The van der Waals surface area contributed by atoms with Gasteiger partial charge in [-0.2, -0.15) is 0 Å². The highest BCUT2D eigenvalue weighted by Gasteiger charge is 2.30. The minimum absolute atomic E-state index is 0.490. The molecular formula is C11H20N4O. The van der Waals surface area contributed by atoms with E-state index in [2.05, 4.69) is 14.8 Å². The first kappa shape index (κ1) is 11.5. The Kier molecular flexibility index (Phi) is 3.90. The van der Waals surface area contributed by atoms with E-state index in [1.54, 1.807) is 13.4 Å². The maximum atomic E-state index is 5.80. The summed E-state index contributed by atoms with van der Waals surface area (Å²) in [4.78, 5) is 0. The fourth-order valence-electron chi connectivity index (χ4n) is 2.57. The van der Waals surface area contributed by atoms with Gasteiger partial charge >= 0.3 is 0 Å². The molecule has 5 nitrogen and oxygen atoms in total. The summed E-state index contributed by atoms with van der Waals surface area (Å²) in [5, 5.41) is 8.26. The van der Waals surface area contributed by atoms with Gasteiger partial charge in [-0.05, 0) is 25.3 Å². The third-order valence-electron chi connectivity index (χ3n) is 3.48. The van der Waals surface area contributed by atoms with Crippen molar-refractivity contribution < 1.29 is 4.74 Å². The summed E-state index contributed by atoms with van der Waals surface area (Å²) in [7, 11) is 1.71. The molecule has 2 unspecified atom stereocenters. The molecule has 2 N–H and O–H groups in total. The number of ether oxygens (including phenoxy) is 1. The van der Waals surface area contributed by atoms with Gasteiger partial charge in [0.2, 0.25) is 0 Å². The maximum Gasteiger partial charge on any atom is 0.136 e. The van der Waals surface area contributed by atoms with Crippen LogP contribution in [0, 0.1) is 5.92 Å². The van der Waals surface area contributed by atoms with E-state index in [9.17, 15) is 0 Å². The van der Waals surface area contributed by atoms with E-state index in [0.717, 1.165) is 18.9 Å². The fraction of sp³-hybridized carbons (Fsp3) is 0.818. The summed E-state index contributed by atoms with van der Waals surface area (Å²) in [6.07, 6.45) is 5.45. The molecule has 1 aromatic rings. The van der Waals surface area contributed by atoms with Crippen LogP contribution < -0.4 is 5.73 Å². The van der Waals surface area contributed by atoms with Crippen molar-refractivity contribution in [3.8, 4) is 0 Å². The second kappa shape index (κ2) is 5.41. The van der Waals surface area contributed by atoms with Crippen molar-refractivity contribution in [2.45, 2.75) is 31.7 Å². The highest BCUT2D eigenvalue weighted by Crippen LogP contribution is 2.37. The Morgan fingerprint density at radius 1 is 1.56 bits per heavy atom. The Morgan fingerprint density at radius 3 is 3.19 bits per heavy atom. The molecule has 2 rings (SSSR count). The Hall–Kier alpha value is -0.940.